The number of aromatic nitrogens is 4. The van der Waals surface area contributed by atoms with Crippen LogP contribution in [0.3, 0.4) is 0 Å². The number of hydrogen-bond acceptors (Lipinski definition) is 8. The summed E-state index contributed by atoms with van der Waals surface area (Å²) >= 11 is 6.31. The normalized spacial score (nSPS) is 18.7. The highest BCUT2D eigenvalue weighted by Gasteiger charge is 2.22. The Morgan fingerprint density at radius 1 is 1.09 bits per heavy atom. The van der Waals surface area contributed by atoms with E-state index in [2.05, 4.69) is 29.5 Å². The number of nitrogens with zero attached hydrogens (tertiary/aromatic N) is 4. The van der Waals surface area contributed by atoms with Crippen molar-refractivity contribution in [1.82, 2.24) is 19.5 Å². The van der Waals surface area contributed by atoms with Gasteiger partial charge in [0.2, 0.25) is 5.95 Å². The first-order valence-corrected chi connectivity index (χ1v) is 11.1. The average molecular weight is 461 g/mol. The highest BCUT2D eigenvalue weighted by atomic mass is 35.5. The van der Waals surface area contributed by atoms with Crippen LogP contribution in [0.15, 0.2) is 18.5 Å². The molecule has 0 amide bonds. The second-order valence-electron chi connectivity index (χ2n) is 8.28. The summed E-state index contributed by atoms with van der Waals surface area (Å²) < 4.78 is 12.8. The third kappa shape index (κ3) is 4.54. The maximum atomic E-state index is 9.81. The van der Waals surface area contributed by atoms with E-state index in [0.717, 1.165) is 31.3 Å². The monoisotopic (exact) mass is 460 g/mol. The van der Waals surface area contributed by atoms with E-state index in [-0.39, 0.29) is 18.2 Å². The van der Waals surface area contributed by atoms with Gasteiger partial charge in [-0.25, -0.2) is 4.98 Å². The number of methoxy groups -OCH3 is 2. The number of fused-ring (bicyclic) bond motifs is 1. The van der Waals surface area contributed by atoms with Crippen molar-refractivity contribution in [3.05, 3.63) is 23.5 Å². The lowest BCUT2D eigenvalue weighted by Gasteiger charge is -2.26. The van der Waals surface area contributed by atoms with Crippen LogP contribution in [-0.4, -0.2) is 51.0 Å². The smallest absolute Gasteiger partial charge is 0.227 e. The summed E-state index contributed by atoms with van der Waals surface area (Å²) in [7, 11) is 3.11. The number of anilines is 3. The zero-order valence-electron chi connectivity index (χ0n) is 18.7. The van der Waals surface area contributed by atoms with Gasteiger partial charge in [0.1, 0.15) is 16.5 Å². The van der Waals surface area contributed by atoms with Crippen molar-refractivity contribution in [2.75, 3.05) is 24.9 Å². The molecule has 3 aromatic rings. The number of aliphatic hydroxyl groups is 1. The number of rotatable bonds is 7. The zero-order valence-corrected chi connectivity index (χ0v) is 19.5. The third-order valence-electron chi connectivity index (χ3n) is 5.72. The van der Waals surface area contributed by atoms with Gasteiger partial charge in [-0.2, -0.15) is 9.97 Å². The van der Waals surface area contributed by atoms with E-state index in [1.54, 1.807) is 32.7 Å². The van der Waals surface area contributed by atoms with Gasteiger partial charge >= 0.3 is 0 Å². The van der Waals surface area contributed by atoms with E-state index >= 15 is 0 Å². The van der Waals surface area contributed by atoms with Gasteiger partial charge in [-0.05, 0) is 39.5 Å². The molecule has 172 valence electrons. The Bertz CT molecular complexity index is 1070. The number of benzene rings is 1. The van der Waals surface area contributed by atoms with Crippen LogP contribution in [0.4, 0.5) is 17.5 Å². The SMILES string of the molecule is COc1cc(Nc2nc(NC3CCC(O)CC3)nc3c2ncn3C(C)C)cc(OC)c1Cl. The van der Waals surface area contributed by atoms with Crippen LogP contribution in [-0.2, 0) is 0 Å². The minimum absolute atomic E-state index is 0.191. The molecule has 0 atom stereocenters. The number of ether oxygens (including phenoxy) is 2. The second-order valence-corrected chi connectivity index (χ2v) is 8.66. The summed E-state index contributed by atoms with van der Waals surface area (Å²) in [6.07, 6.45) is 4.86. The summed E-state index contributed by atoms with van der Waals surface area (Å²) in [5.41, 5.74) is 2.11. The van der Waals surface area contributed by atoms with Gasteiger partial charge in [-0.1, -0.05) is 11.6 Å². The van der Waals surface area contributed by atoms with Crippen LogP contribution in [0.1, 0.15) is 45.6 Å². The summed E-state index contributed by atoms with van der Waals surface area (Å²) in [5, 5.41) is 17.0. The molecule has 1 aromatic carbocycles. The van der Waals surface area contributed by atoms with Crippen molar-refractivity contribution >= 4 is 40.2 Å². The van der Waals surface area contributed by atoms with Crippen molar-refractivity contribution in [3.8, 4) is 11.5 Å². The fourth-order valence-corrected chi connectivity index (χ4v) is 4.19. The molecular weight excluding hydrogens is 432 g/mol. The van der Waals surface area contributed by atoms with Crippen molar-refractivity contribution in [1.29, 1.82) is 0 Å². The van der Waals surface area contributed by atoms with E-state index in [1.807, 2.05) is 4.57 Å². The number of hydrogen-bond donors (Lipinski definition) is 3. The van der Waals surface area contributed by atoms with Crippen molar-refractivity contribution in [2.24, 2.45) is 0 Å². The standard InChI is InChI=1S/C22H29ClN6O3/c1-12(2)29-11-24-19-20(25-14-9-16(31-3)18(23)17(10-14)32-4)27-22(28-21(19)29)26-13-5-7-15(30)8-6-13/h9-13,15,30H,5-8H2,1-4H3,(H2,25,26,27,28). The first-order valence-electron chi connectivity index (χ1n) is 10.8. The van der Waals surface area contributed by atoms with Gasteiger partial charge in [0, 0.05) is 29.9 Å². The Morgan fingerprint density at radius 2 is 1.75 bits per heavy atom. The molecule has 0 unspecified atom stereocenters. The summed E-state index contributed by atoms with van der Waals surface area (Å²) in [4.78, 5) is 14.1. The quantitative estimate of drug-likeness (QED) is 0.472. The zero-order chi connectivity index (χ0) is 22.8. The fourth-order valence-electron chi connectivity index (χ4n) is 3.93. The molecule has 1 aliphatic rings. The predicted octanol–water partition coefficient (Wildman–Crippen LogP) is 4.54. The second kappa shape index (κ2) is 9.38. The Labute approximate surface area is 192 Å². The largest absolute Gasteiger partial charge is 0.495 e. The molecule has 9 nitrogen and oxygen atoms in total. The molecule has 10 heteroatoms. The Balaban J connectivity index is 1.73. The minimum atomic E-state index is -0.217. The molecule has 2 aromatic heterocycles. The van der Waals surface area contributed by atoms with Gasteiger partial charge in [0.15, 0.2) is 17.0 Å². The van der Waals surface area contributed by atoms with Crippen LogP contribution in [0.2, 0.25) is 5.02 Å². The average Bonchev–Trinajstić information content (AvgIpc) is 3.21. The highest BCUT2D eigenvalue weighted by Crippen LogP contribution is 2.38. The van der Waals surface area contributed by atoms with E-state index in [1.165, 1.54) is 0 Å². The summed E-state index contributed by atoms with van der Waals surface area (Å²) in [6.45, 7) is 4.17. The molecule has 0 spiro atoms. The molecule has 0 saturated heterocycles. The van der Waals surface area contributed by atoms with E-state index < -0.39 is 0 Å². The molecule has 32 heavy (non-hydrogen) atoms. The first kappa shape index (κ1) is 22.4. The van der Waals surface area contributed by atoms with E-state index in [0.29, 0.717) is 39.5 Å². The van der Waals surface area contributed by atoms with Gasteiger partial charge < -0.3 is 29.8 Å². The molecule has 4 rings (SSSR count). The lowest BCUT2D eigenvalue weighted by molar-refractivity contribution is 0.126. The topological polar surface area (TPSA) is 106 Å². The lowest BCUT2D eigenvalue weighted by Crippen LogP contribution is -2.29. The van der Waals surface area contributed by atoms with Gasteiger partial charge in [-0.15, -0.1) is 0 Å². The molecule has 3 N–H and O–H groups in total. The fraction of sp³-hybridized carbons (Fsp3) is 0.500. The van der Waals surface area contributed by atoms with Crippen LogP contribution in [0.5, 0.6) is 11.5 Å². The van der Waals surface area contributed by atoms with Crippen molar-refractivity contribution < 1.29 is 14.6 Å². The maximum absolute atomic E-state index is 9.81. The lowest BCUT2D eigenvalue weighted by atomic mass is 9.93. The Kier molecular flexibility index (Phi) is 6.57. The summed E-state index contributed by atoms with van der Waals surface area (Å²) in [5.74, 6) is 2.08. The van der Waals surface area contributed by atoms with Gasteiger partial charge in [-0.3, -0.25) is 0 Å². The third-order valence-corrected chi connectivity index (χ3v) is 6.09. The maximum Gasteiger partial charge on any atom is 0.227 e. The molecule has 0 aliphatic heterocycles. The molecule has 1 aliphatic carbocycles. The molecular formula is C22H29ClN6O3. The van der Waals surface area contributed by atoms with Crippen LogP contribution in [0, 0.1) is 0 Å². The first-order chi connectivity index (χ1) is 15.4. The van der Waals surface area contributed by atoms with Gasteiger partial charge in [0.25, 0.3) is 0 Å². The van der Waals surface area contributed by atoms with E-state index in [4.69, 9.17) is 31.0 Å². The van der Waals surface area contributed by atoms with E-state index in [9.17, 15) is 5.11 Å². The number of aliphatic hydroxyl groups excluding tert-OH is 1. The van der Waals surface area contributed by atoms with Crippen molar-refractivity contribution in [3.63, 3.8) is 0 Å². The molecule has 2 heterocycles. The minimum Gasteiger partial charge on any atom is -0.495 e. The number of halogens is 1. The Hall–Kier alpha value is -2.78. The number of imidazole rings is 1. The molecule has 0 radical (unpaired) electrons. The highest BCUT2D eigenvalue weighted by molar-refractivity contribution is 6.33. The van der Waals surface area contributed by atoms with Crippen LogP contribution >= 0.6 is 11.6 Å². The van der Waals surface area contributed by atoms with Crippen molar-refractivity contribution in [2.45, 2.75) is 57.7 Å². The van der Waals surface area contributed by atoms with Gasteiger partial charge in [0.05, 0.1) is 26.7 Å². The molecule has 0 bridgehead atoms. The predicted molar refractivity (Wildman–Crippen MR) is 125 cm³/mol. The molecule has 1 fully saturated rings. The van der Waals surface area contributed by atoms with Crippen LogP contribution in [0.25, 0.3) is 11.2 Å². The Morgan fingerprint density at radius 3 is 2.34 bits per heavy atom. The summed E-state index contributed by atoms with van der Waals surface area (Å²) in [6, 6.07) is 3.98. The number of nitrogens with one attached hydrogen (secondary N) is 2. The molecule has 1 saturated carbocycles. The van der Waals surface area contributed by atoms with Crippen LogP contribution < -0.4 is 20.1 Å².